The number of hydrogen-bond acceptors (Lipinski definition) is 3. The van der Waals surface area contributed by atoms with Gasteiger partial charge in [0.1, 0.15) is 5.75 Å². The number of carbonyl (C=O) groups is 2. The highest BCUT2D eigenvalue weighted by atomic mass is 16.5. The smallest absolute Gasteiger partial charge is 0.341 e. The van der Waals surface area contributed by atoms with Crippen LogP contribution in [0.1, 0.15) is 20.3 Å². The van der Waals surface area contributed by atoms with Crippen LogP contribution >= 0.6 is 0 Å². The van der Waals surface area contributed by atoms with Gasteiger partial charge in [0.25, 0.3) is 0 Å². The highest BCUT2D eigenvalue weighted by molar-refractivity contribution is 5.89. The Kier molecular flexibility index (Phi) is 5.83. The van der Waals surface area contributed by atoms with Gasteiger partial charge in [0.15, 0.2) is 6.61 Å². The number of amides is 2. The van der Waals surface area contributed by atoms with E-state index in [0.29, 0.717) is 11.4 Å². The van der Waals surface area contributed by atoms with Crippen molar-refractivity contribution < 1.29 is 19.4 Å². The molecule has 0 saturated heterocycles. The average molecular weight is 280 g/mol. The van der Waals surface area contributed by atoms with Crippen molar-refractivity contribution in [2.45, 2.75) is 26.3 Å². The molecule has 1 rings (SSSR count). The molecule has 0 aliphatic carbocycles. The quantitative estimate of drug-likeness (QED) is 0.838. The van der Waals surface area contributed by atoms with Crippen molar-refractivity contribution in [2.75, 3.05) is 19.0 Å². The molecule has 0 saturated carbocycles. The second-order valence-electron chi connectivity index (χ2n) is 4.51. The molecule has 0 aliphatic rings. The lowest BCUT2D eigenvalue weighted by Gasteiger charge is -2.24. The van der Waals surface area contributed by atoms with Gasteiger partial charge in [-0.05, 0) is 25.5 Å². The molecule has 1 atom stereocenters. The Morgan fingerprint density at radius 3 is 2.75 bits per heavy atom. The number of anilines is 1. The highest BCUT2D eigenvalue weighted by Crippen LogP contribution is 2.18. The van der Waals surface area contributed by atoms with E-state index in [-0.39, 0.29) is 12.1 Å². The molecule has 0 aromatic heterocycles. The van der Waals surface area contributed by atoms with E-state index in [1.54, 1.807) is 36.2 Å². The van der Waals surface area contributed by atoms with Gasteiger partial charge in [0, 0.05) is 24.8 Å². The van der Waals surface area contributed by atoms with E-state index in [1.165, 1.54) is 0 Å². The first-order valence-electron chi connectivity index (χ1n) is 6.42. The standard InChI is InChI=1S/C14H20N2O4/c1-4-10(2)16(3)14(19)15-11-6-5-7-12(8-11)20-9-13(17)18/h5-8,10H,4,9H2,1-3H3,(H,15,19)(H,17,18). The van der Waals surface area contributed by atoms with Gasteiger partial charge in [-0.2, -0.15) is 0 Å². The number of carboxylic acid groups (broad SMARTS) is 1. The molecule has 0 radical (unpaired) electrons. The molecule has 0 fully saturated rings. The van der Waals surface area contributed by atoms with Crippen molar-refractivity contribution >= 4 is 17.7 Å². The van der Waals surface area contributed by atoms with Crippen LogP contribution in [0.4, 0.5) is 10.5 Å². The van der Waals surface area contributed by atoms with Gasteiger partial charge < -0.3 is 20.1 Å². The Labute approximate surface area is 118 Å². The molecule has 6 heteroatoms. The minimum atomic E-state index is -1.05. The molecule has 110 valence electrons. The summed E-state index contributed by atoms with van der Waals surface area (Å²) in [4.78, 5) is 24.0. The van der Waals surface area contributed by atoms with Crippen molar-refractivity contribution in [2.24, 2.45) is 0 Å². The van der Waals surface area contributed by atoms with Crippen molar-refractivity contribution in [1.29, 1.82) is 0 Å². The Morgan fingerprint density at radius 2 is 2.15 bits per heavy atom. The Balaban J connectivity index is 2.66. The number of carbonyl (C=O) groups excluding carboxylic acids is 1. The minimum absolute atomic E-state index is 0.140. The van der Waals surface area contributed by atoms with E-state index in [2.05, 4.69) is 5.32 Å². The lowest BCUT2D eigenvalue weighted by atomic mass is 10.2. The van der Waals surface area contributed by atoms with E-state index >= 15 is 0 Å². The summed E-state index contributed by atoms with van der Waals surface area (Å²) in [6.45, 7) is 3.56. The van der Waals surface area contributed by atoms with E-state index in [9.17, 15) is 9.59 Å². The monoisotopic (exact) mass is 280 g/mol. The Hall–Kier alpha value is -2.24. The maximum Gasteiger partial charge on any atom is 0.341 e. The molecule has 2 amide bonds. The van der Waals surface area contributed by atoms with Crippen LogP contribution in [-0.2, 0) is 4.79 Å². The van der Waals surface area contributed by atoms with E-state index in [1.807, 2.05) is 13.8 Å². The van der Waals surface area contributed by atoms with E-state index in [0.717, 1.165) is 6.42 Å². The molecule has 1 unspecified atom stereocenters. The van der Waals surface area contributed by atoms with Crippen molar-refractivity contribution in [3.05, 3.63) is 24.3 Å². The molecule has 20 heavy (non-hydrogen) atoms. The van der Waals surface area contributed by atoms with E-state index in [4.69, 9.17) is 9.84 Å². The van der Waals surface area contributed by atoms with Crippen LogP contribution < -0.4 is 10.1 Å². The Morgan fingerprint density at radius 1 is 1.45 bits per heavy atom. The molecule has 1 aromatic rings. The molecule has 1 aromatic carbocycles. The number of aliphatic carboxylic acids is 1. The number of nitrogens with one attached hydrogen (secondary N) is 1. The normalized spacial score (nSPS) is 11.6. The largest absolute Gasteiger partial charge is 0.482 e. The zero-order chi connectivity index (χ0) is 15.1. The maximum absolute atomic E-state index is 12.0. The molecule has 0 aliphatic heterocycles. The molecule has 0 bridgehead atoms. The number of ether oxygens (including phenoxy) is 1. The van der Waals surface area contributed by atoms with Gasteiger partial charge in [-0.1, -0.05) is 13.0 Å². The average Bonchev–Trinajstić information content (AvgIpc) is 2.43. The van der Waals surface area contributed by atoms with Crippen molar-refractivity contribution in [3.8, 4) is 5.75 Å². The van der Waals surface area contributed by atoms with E-state index < -0.39 is 12.6 Å². The third-order valence-corrected chi connectivity index (χ3v) is 3.02. The third kappa shape index (κ3) is 4.79. The first-order chi connectivity index (χ1) is 9.43. The summed E-state index contributed by atoms with van der Waals surface area (Å²) < 4.78 is 5.05. The lowest BCUT2D eigenvalue weighted by molar-refractivity contribution is -0.139. The number of urea groups is 1. The van der Waals surface area contributed by atoms with Crippen molar-refractivity contribution in [3.63, 3.8) is 0 Å². The number of benzene rings is 1. The van der Waals surface area contributed by atoms with Crippen LogP contribution in [0, 0.1) is 0 Å². The first-order valence-corrected chi connectivity index (χ1v) is 6.42. The minimum Gasteiger partial charge on any atom is -0.482 e. The fourth-order valence-electron chi connectivity index (χ4n) is 1.49. The lowest BCUT2D eigenvalue weighted by Crippen LogP contribution is -2.37. The summed E-state index contributed by atoms with van der Waals surface area (Å²) in [5, 5.41) is 11.3. The van der Waals surface area contributed by atoms with Crippen LogP contribution in [0.25, 0.3) is 0 Å². The second-order valence-corrected chi connectivity index (χ2v) is 4.51. The summed E-state index contributed by atoms with van der Waals surface area (Å²) in [6.07, 6.45) is 0.867. The van der Waals surface area contributed by atoms with Crippen LogP contribution in [-0.4, -0.2) is 41.7 Å². The van der Waals surface area contributed by atoms with Crippen LogP contribution in [0.2, 0.25) is 0 Å². The maximum atomic E-state index is 12.0. The SMILES string of the molecule is CCC(C)N(C)C(=O)Nc1cccc(OCC(=O)O)c1. The molecular formula is C14H20N2O4. The summed E-state index contributed by atoms with van der Waals surface area (Å²) in [7, 11) is 1.73. The topological polar surface area (TPSA) is 78.9 Å². The highest BCUT2D eigenvalue weighted by Gasteiger charge is 2.14. The van der Waals surface area contributed by atoms with Gasteiger partial charge in [0.05, 0.1) is 0 Å². The molecular weight excluding hydrogens is 260 g/mol. The predicted octanol–water partition coefficient (Wildman–Crippen LogP) is 2.41. The summed E-state index contributed by atoms with van der Waals surface area (Å²) in [5.41, 5.74) is 0.563. The molecule has 2 N–H and O–H groups in total. The number of nitrogens with zero attached hydrogens (tertiary/aromatic N) is 1. The molecule has 0 heterocycles. The van der Waals surface area contributed by atoms with Gasteiger partial charge in [-0.25, -0.2) is 9.59 Å². The van der Waals surface area contributed by atoms with Gasteiger partial charge in [-0.15, -0.1) is 0 Å². The van der Waals surface area contributed by atoms with Crippen LogP contribution in [0.15, 0.2) is 24.3 Å². The van der Waals surface area contributed by atoms with Gasteiger partial charge in [0.2, 0.25) is 0 Å². The Bertz CT molecular complexity index is 476. The van der Waals surface area contributed by atoms with Crippen LogP contribution in [0.5, 0.6) is 5.75 Å². The zero-order valence-electron chi connectivity index (χ0n) is 11.9. The summed E-state index contributed by atoms with van der Waals surface area (Å²) in [5.74, 6) is -0.646. The van der Waals surface area contributed by atoms with Crippen LogP contribution in [0.3, 0.4) is 0 Å². The number of carboxylic acids is 1. The molecule has 0 spiro atoms. The molecule has 6 nitrogen and oxygen atoms in total. The fraction of sp³-hybridized carbons (Fsp3) is 0.429. The first kappa shape index (κ1) is 15.8. The fourth-order valence-corrected chi connectivity index (χ4v) is 1.49. The summed E-state index contributed by atoms with van der Waals surface area (Å²) in [6, 6.07) is 6.56. The predicted molar refractivity (Wildman–Crippen MR) is 76.1 cm³/mol. The zero-order valence-corrected chi connectivity index (χ0v) is 11.9. The second kappa shape index (κ2) is 7.37. The number of hydrogen-bond donors (Lipinski definition) is 2. The van der Waals surface area contributed by atoms with Crippen molar-refractivity contribution in [1.82, 2.24) is 4.90 Å². The van der Waals surface area contributed by atoms with Gasteiger partial charge >= 0.3 is 12.0 Å². The summed E-state index contributed by atoms with van der Waals surface area (Å²) >= 11 is 0. The third-order valence-electron chi connectivity index (χ3n) is 3.02. The number of rotatable bonds is 6. The van der Waals surface area contributed by atoms with Gasteiger partial charge in [-0.3, -0.25) is 0 Å².